The lowest BCUT2D eigenvalue weighted by Gasteiger charge is -2.14. The zero-order valence-electron chi connectivity index (χ0n) is 13.7. The number of pyridine rings is 1. The SMILES string of the molecule is CSc1ncccc1C(=O)O[C@@H](C)C(=O)NNC(=O)c1ccccc1. The van der Waals surface area contributed by atoms with E-state index in [1.54, 1.807) is 54.9 Å². The van der Waals surface area contributed by atoms with Gasteiger partial charge in [-0.05, 0) is 37.4 Å². The van der Waals surface area contributed by atoms with Crippen LogP contribution in [0.5, 0.6) is 0 Å². The molecule has 0 saturated heterocycles. The molecule has 0 aliphatic rings. The summed E-state index contributed by atoms with van der Waals surface area (Å²) in [6.45, 7) is 1.41. The van der Waals surface area contributed by atoms with Gasteiger partial charge in [0.2, 0.25) is 0 Å². The zero-order valence-corrected chi connectivity index (χ0v) is 14.5. The largest absolute Gasteiger partial charge is 0.449 e. The van der Waals surface area contributed by atoms with Gasteiger partial charge in [-0.25, -0.2) is 9.78 Å². The molecule has 1 atom stereocenters. The maximum atomic E-state index is 12.2. The molecule has 0 aliphatic carbocycles. The molecule has 7 nitrogen and oxygen atoms in total. The van der Waals surface area contributed by atoms with Gasteiger partial charge in [-0.3, -0.25) is 20.4 Å². The van der Waals surface area contributed by atoms with E-state index in [9.17, 15) is 14.4 Å². The molecule has 0 aliphatic heterocycles. The van der Waals surface area contributed by atoms with Gasteiger partial charge in [-0.15, -0.1) is 11.8 Å². The van der Waals surface area contributed by atoms with Crippen molar-refractivity contribution in [2.45, 2.75) is 18.1 Å². The molecule has 0 radical (unpaired) electrons. The summed E-state index contributed by atoms with van der Waals surface area (Å²) >= 11 is 1.30. The number of benzene rings is 1. The number of amides is 2. The second-order valence-electron chi connectivity index (χ2n) is 4.92. The number of hydrazine groups is 1. The van der Waals surface area contributed by atoms with E-state index in [2.05, 4.69) is 15.8 Å². The lowest BCUT2D eigenvalue weighted by molar-refractivity contribution is -0.129. The number of hydrogen-bond acceptors (Lipinski definition) is 6. The van der Waals surface area contributed by atoms with Crippen LogP contribution in [0.4, 0.5) is 0 Å². The van der Waals surface area contributed by atoms with Gasteiger partial charge in [-0.1, -0.05) is 18.2 Å². The molecule has 2 N–H and O–H groups in total. The summed E-state index contributed by atoms with van der Waals surface area (Å²) in [6, 6.07) is 11.6. The van der Waals surface area contributed by atoms with Gasteiger partial charge in [0.15, 0.2) is 6.10 Å². The first kappa shape index (κ1) is 18.5. The molecule has 0 fully saturated rings. The Balaban J connectivity index is 1.90. The smallest absolute Gasteiger partial charge is 0.341 e. The van der Waals surface area contributed by atoms with Crippen molar-refractivity contribution in [2.24, 2.45) is 0 Å². The van der Waals surface area contributed by atoms with E-state index in [0.717, 1.165) is 0 Å². The molecule has 130 valence electrons. The Morgan fingerprint density at radius 3 is 2.48 bits per heavy atom. The Kier molecular flexibility index (Phi) is 6.53. The molecule has 0 saturated carbocycles. The van der Waals surface area contributed by atoms with Crippen LogP contribution in [0.2, 0.25) is 0 Å². The molecule has 2 rings (SSSR count). The summed E-state index contributed by atoms with van der Waals surface area (Å²) in [4.78, 5) is 40.1. The van der Waals surface area contributed by atoms with Crippen molar-refractivity contribution in [3.8, 4) is 0 Å². The van der Waals surface area contributed by atoms with E-state index in [4.69, 9.17) is 4.74 Å². The van der Waals surface area contributed by atoms with Gasteiger partial charge in [-0.2, -0.15) is 0 Å². The highest BCUT2D eigenvalue weighted by atomic mass is 32.2. The molecule has 8 heteroatoms. The van der Waals surface area contributed by atoms with Crippen molar-refractivity contribution in [1.82, 2.24) is 15.8 Å². The number of nitrogens with one attached hydrogen (secondary N) is 2. The summed E-state index contributed by atoms with van der Waals surface area (Å²) in [5.74, 6) is -1.77. The summed E-state index contributed by atoms with van der Waals surface area (Å²) in [5.41, 5.74) is 5.17. The lowest BCUT2D eigenvalue weighted by Crippen LogP contribution is -2.46. The molecule has 2 amide bonds. The van der Waals surface area contributed by atoms with E-state index in [-0.39, 0.29) is 5.56 Å². The second-order valence-corrected chi connectivity index (χ2v) is 5.71. The van der Waals surface area contributed by atoms with E-state index in [0.29, 0.717) is 10.6 Å². The summed E-state index contributed by atoms with van der Waals surface area (Å²) < 4.78 is 5.12. The first-order valence-corrected chi connectivity index (χ1v) is 8.60. The number of carbonyl (C=O) groups excluding carboxylic acids is 3. The van der Waals surface area contributed by atoms with Crippen LogP contribution >= 0.6 is 11.8 Å². The van der Waals surface area contributed by atoms with Crippen molar-refractivity contribution >= 4 is 29.5 Å². The first-order valence-electron chi connectivity index (χ1n) is 7.38. The highest BCUT2D eigenvalue weighted by Gasteiger charge is 2.21. The number of nitrogens with zero attached hydrogens (tertiary/aromatic N) is 1. The van der Waals surface area contributed by atoms with E-state index >= 15 is 0 Å². The molecule has 25 heavy (non-hydrogen) atoms. The maximum absolute atomic E-state index is 12.2. The van der Waals surface area contributed by atoms with Crippen LogP contribution in [0.15, 0.2) is 53.7 Å². The fourth-order valence-corrected chi connectivity index (χ4v) is 2.41. The third-order valence-electron chi connectivity index (χ3n) is 3.17. The third-order valence-corrected chi connectivity index (χ3v) is 3.88. The molecular weight excluding hydrogens is 342 g/mol. The number of aromatic nitrogens is 1. The minimum atomic E-state index is -1.08. The number of ether oxygens (including phenoxy) is 1. The summed E-state index contributed by atoms with van der Waals surface area (Å²) in [7, 11) is 0. The van der Waals surface area contributed by atoms with Crippen molar-refractivity contribution in [3.63, 3.8) is 0 Å². The predicted molar refractivity (Wildman–Crippen MR) is 92.9 cm³/mol. The Labute approximate surface area is 149 Å². The second kappa shape index (κ2) is 8.84. The predicted octanol–water partition coefficient (Wildman–Crippen LogP) is 1.81. The van der Waals surface area contributed by atoms with Crippen LogP contribution in [-0.4, -0.2) is 35.1 Å². The van der Waals surface area contributed by atoms with Crippen LogP contribution in [0.3, 0.4) is 0 Å². The standard InChI is InChI=1S/C17H17N3O4S/c1-11(24-17(23)13-9-6-10-18-16(13)25-2)14(21)19-20-15(22)12-7-4-3-5-8-12/h3-11H,1-2H3,(H,19,21)(H,20,22)/t11-/m0/s1. The van der Waals surface area contributed by atoms with E-state index in [1.165, 1.54) is 18.7 Å². The topological polar surface area (TPSA) is 97.4 Å². The average Bonchev–Trinajstić information content (AvgIpc) is 2.66. The average molecular weight is 359 g/mol. The van der Waals surface area contributed by atoms with Crippen molar-refractivity contribution in [3.05, 3.63) is 59.8 Å². The Bertz CT molecular complexity index is 767. The van der Waals surface area contributed by atoms with Crippen molar-refractivity contribution in [1.29, 1.82) is 0 Å². The van der Waals surface area contributed by atoms with Gasteiger partial charge < -0.3 is 4.74 Å². The van der Waals surface area contributed by atoms with Crippen LogP contribution in [-0.2, 0) is 9.53 Å². The fraction of sp³-hybridized carbons (Fsp3) is 0.176. The zero-order chi connectivity index (χ0) is 18.2. The molecule has 2 aromatic rings. The lowest BCUT2D eigenvalue weighted by atomic mass is 10.2. The van der Waals surface area contributed by atoms with Crippen molar-refractivity contribution < 1.29 is 19.1 Å². The van der Waals surface area contributed by atoms with Crippen LogP contribution in [0.1, 0.15) is 27.6 Å². The number of hydrogen-bond donors (Lipinski definition) is 2. The Morgan fingerprint density at radius 2 is 1.80 bits per heavy atom. The maximum Gasteiger partial charge on any atom is 0.341 e. The fourth-order valence-electron chi connectivity index (χ4n) is 1.87. The van der Waals surface area contributed by atoms with Gasteiger partial charge in [0.1, 0.15) is 5.03 Å². The minimum absolute atomic E-state index is 0.281. The number of esters is 1. The quantitative estimate of drug-likeness (QED) is 0.480. The number of thioether (sulfide) groups is 1. The monoisotopic (exact) mass is 359 g/mol. The first-order chi connectivity index (χ1) is 12.0. The van der Waals surface area contributed by atoms with Gasteiger partial charge >= 0.3 is 5.97 Å². The van der Waals surface area contributed by atoms with E-state index < -0.39 is 23.9 Å². The van der Waals surface area contributed by atoms with Gasteiger partial charge in [0, 0.05) is 11.8 Å². The highest BCUT2D eigenvalue weighted by Crippen LogP contribution is 2.18. The van der Waals surface area contributed by atoms with E-state index in [1.807, 2.05) is 0 Å². The van der Waals surface area contributed by atoms with Crippen molar-refractivity contribution in [2.75, 3.05) is 6.26 Å². The van der Waals surface area contributed by atoms with Crippen LogP contribution in [0.25, 0.3) is 0 Å². The molecule has 1 aromatic carbocycles. The van der Waals surface area contributed by atoms with Gasteiger partial charge in [0.25, 0.3) is 11.8 Å². The number of carbonyl (C=O) groups is 3. The van der Waals surface area contributed by atoms with Crippen LogP contribution in [0, 0.1) is 0 Å². The van der Waals surface area contributed by atoms with Gasteiger partial charge in [0.05, 0.1) is 5.56 Å². The Hall–Kier alpha value is -2.87. The third kappa shape index (κ3) is 5.05. The number of rotatable bonds is 5. The molecule has 0 bridgehead atoms. The minimum Gasteiger partial charge on any atom is -0.449 e. The molecule has 1 aromatic heterocycles. The molecule has 0 unspecified atom stereocenters. The Morgan fingerprint density at radius 1 is 1.08 bits per heavy atom. The summed E-state index contributed by atoms with van der Waals surface area (Å²) in [5, 5.41) is 0.512. The molecule has 0 spiro atoms. The normalized spacial score (nSPS) is 11.3. The molecule has 1 heterocycles. The highest BCUT2D eigenvalue weighted by molar-refractivity contribution is 7.98. The van der Waals surface area contributed by atoms with Crippen LogP contribution < -0.4 is 10.9 Å². The molecular formula is C17H17N3O4S. The summed E-state index contributed by atoms with van der Waals surface area (Å²) in [6.07, 6.45) is 2.27.